The maximum Gasteiger partial charge on any atom is 0.245 e. The molecule has 0 aliphatic carbocycles. The number of aromatic nitrogens is 4. The first kappa shape index (κ1) is 37.3. The second-order valence-electron chi connectivity index (χ2n) is 15.6. The van der Waals surface area contributed by atoms with E-state index in [1.165, 1.54) is 0 Å². The first-order valence-corrected chi connectivity index (χ1v) is 20.5. The van der Waals surface area contributed by atoms with Crippen molar-refractivity contribution in [3.05, 3.63) is 155 Å². The summed E-state index contributed by atoms with van der Waals surface area (Å²) in [5.41, 5.74) is 13.9. The summed E-state index contributed by atoms with van der Waals surface area (Å²) in [7, 11) is 0. The number of amides is 2. The van der Waals surface area contributed by atoms with Crippen molar-refractivity contribution < 1.29 is 9.59 Å². The standard InChI is InChI=1S/C48H48N8O2/c49-43(37-11-3-1-4-12-37)47(57)55-29-9-15-41(55)45-50-31-39(52-45)35-23-19-33(20-24-35)17-18-34-21-25-36(26-22-34)40-32-51-46(53-40)42-16-10-30-56(42)48(58)44(54-27-7-8-28-54)38-13-5-2-6-14-38/h1-6,11-14,19-26,31-32,41-44H,7-10,15-16,27-30,49H2,(H,50,52)(H,51,53)/t41-,42-,43+,44+/m0/s1. The average molecular weight is 769 g/mol. The molecule has 10 nitrogen and oxygen atoms in total. The second-order valence-corrected chi connectivity index (χ2v) is 15.6. The van der Waals surface area contributed by atoms with Crippen LogP contribution in [0.4, 0.5) is 0 Å². The van der Waals surface area contributed by atoms with E-state index in [4.69, 9.17) is 10.7 Å². The number of hydrogen-bond acceptors (Lipinski definition) is 6. The normalized spacial score (nSPS) is 19.2. The highest BCUT2D eigenvalue weighted by Crippen LogP contribution is 2.37. The Balaban J connectivity index is 0.833. The molecule has 5 heterocycles. The van der Waals surface area contributed by atoms with Crippen LogP contribution in [0.25, 0.3) is 22.5 Å². The zero-order chi connectivity index (χ0) is 39.4. The third-order valence-electron chi connectivity index (χ3n) is 11.9. The van der Waals surface area contributed by atoms with Gasteiger partial charge in [-0.15, -0.1) is 0 Å². The molecule has 4 atom stereocenters. The number of carbonyl (C=O) groups excluding carboxylic acids is 2. The maximum absolute atomic E-state index is 14.2. The molecule has 58 heavy (non-hydrogen) atoms. The first-order valence-electron chi connectivity index (χ1n) is 20.5. The number of carbonyl (C=O) groups is 2. The molecule has 6 aromatic rings. The van der Waals surface area contributed by atoms with Gasteiger partial charge in [0.15, 0.2) is 0 Å². The van der Waals surface area contributed by atoms with E-state index in [9.17, 15) is 9.59 Å². The van der Waals surface area contributed by atoms with Crippen LogP contribution in [0.15, 0.2) is 122 Å². The van der Waals surface area contributed by atoms with Gasteiger partial charge in [-0.05, 0) is 98.1 Å². The van der Waals surface area contributed by atoms with Crippen molar-refractivity contribution in [2.45, 2.75) is 62.7 Å². The molecule has 4 aromatic carbocycles. The molecule has 292 valence electrons. The quantitative estimate of drug-likeness (QED) is 0.129. The molecule has 0 saturated carbocycles. The molecule has 0 radical (unpaired) electrons. The van der Waals surface area contributed by atoms with E-state index >= 15 is 0 Å². The van der Waals surface area contributed by atoms with Crippen molar-refractivity contribution in [3.63, 3.8) is 0 Å². The zero-order valence-electron chi connectivity index (χ0n) is 32.6. The second kappa shape index (κ2) is 16.7. The summed E-state index contributed by atoms with van der Waals surface area (Å²) in [5.74, 6) is 8.31. The van der Waals surface area contributed by atoms with E-state index in [0.29, 0.717) is 6.54 Å². The highest BCUT2D eigenvalue weighted by atomic mass is 16.2. The first-order chi connectivity index (χ1) is 28.5. The van der Waals surface area contributed by atoms with Crippen LogP contribution < -0.4 is 5.73 Å². The molecule has 3 aliphatic heterocycles. The van der Waals surface area contributed by atoms with E-state index < -0.39 is 6.04 Å². The highest BCUT2D eigenvalue weighted by molar-refractivity contribution is 5.84. The molecule has 9 rings (SSSR count). The van der Waals surface area contributed by atoms with Crippen LogP contribution in [0.3, 0.4) is 0 Å². The van der Waals surface area contributed by atoms with Gasteiger partial charge in [-0.3, -0.25) is 14.5 Å². The minimum atomic E-state index is -0.696. The van der Waals surface area contributed by atoms with Gasteiger partial charge in [-0.2, -0.15) is 0 Å². The third-order valence-corrected chi connectivity index (χ3v) is 11.9. The Morgan fingerprint density at radius 2 is 1.05 bits per heavy atom. The van der Waals surface area contributed by atoms with Crippen LogP contribution in [0.2, 0.25) is 0 Å². The fraction of sp³-hybridized carbons (Fsp3) is 0.292. The third kappa shape index (κ3) is 7.71. The zero-order valence-corrected chi connectivity index (χ0v) is 32.6. The smallest absolute Gasteiger partial charge is 0.245 e. The average Bonchev–Trinajstić information content (AvgIpc) is 4.13. The van der Waals surface area contributed by atoms with Crippen LogP contribution in [0.5, 0.6) is 0 Å². The number of hydrogen-bond donors (Lipinski definition) is 3. The molecule has 3 saturated heterocycles. The van der Waals surface area contributed by atoms with E-state index in [0.717, 1.165) is 115 Å². The van der Waals surface area contributed by atoms with Crippen molar-refractivity contribution >= 4 is 11.8 Å². The van der Waals surface area contributed by atoms with Gasteiger partial charge in [0.25, 0.3) is 0 Å². The Morgan fingerprint density at radius 1 is 0.586 bits per heavy atom. The topological polar surface area (TPSA) is 127 Å². The molecule has 2 amide bonds. The number of aromatic amines is 2. The summed E-state index contributed by atoms with van der Waals surface area (Å²) < 4.78 is 0. The number of nitrogens with two attached hydrogens (primary N) is 1. The molecule has 3 aliphatic rings. The Kier molecular flexibility index (Phi) is 10.7. The Morgan fingerprint density at radius 3 is 1.55 bits per heavy atom. The summed E-state index contributed by atoms with van der Waals surface area (Å²) in [6.45, 7) is 3.31. The van der Waals surface area contributed by atoms with Crippen LogP contribution >= 0.6 is 0 Å². The van der Waals surface area contributed by atoms with Crippen molar-refractivity contribution in [1.29, 1.82) is 0 Å². The SMILES string of the molecule is N[C@@H](C(=O)N1CCC[C@H]1c1ncc(-c2ccc(C#Cc3ccc(-c4cnc([C@@H]5CCCN5C(=O)[C@@H](c5ccccc5)N5CCCC5)[nH]4)cc3)cc2)[nH]1)c1ccccc1. The van der Waals surface area contributed by atoms with Gasteiger partial charge in [-0.25, -0.2) is 9.97 Å². The molecule has 4 N–H and O–H groups in total. The maximum atomic E-state index is 14.2. The number of nitrogens with zero attached hydrogens (tertiary/aromatic N) is 5. The van der Waals surface area contributed by atoms with Crippen molar-refractivity contribution in [2.75, 3.05) is 26.2 Å². The predicted molar refractivity (Wildman–Crippen MR) is 225 cm³/mol. The fourth-order valence-electron chi connectivity index (χ4n) is 8.83. The van der Waals surface area contributed by atoms with E-state index in [-0.39, 0.29) is 29.9 Å². The highest BCUT2D eigenvalue weighted by Gasteiger charge is 2.39. The number of H-pyrrole nitrogens is 2. The Bertz CT molecular complexity index is 2410. The lowest BCUT2D eigenvalue weighted by Gasteiger charge is -2.33. The summed E-state index contributed by atoms with van der Waals surface area (Å²) in [4.78, 5) is 50.4. The van der Waals surface area contributed by atoms with Crippen LogP contribution in [0, 0.1) is 11.8 Å². The summed E-state index contributed by atoms with van der Waals surface area (Å²) in [6, 6.07) is 34.9. The number of likely N-dealkylation sites (tertiary alicyclic amines) is 3. The summed E-state index contributed by atoms with van der Waals surface area (Å²) >= 11 is 0. The van der Waals surface area contributed by atoms with Crippen LogP contribution in [-0.2, 0) is 9.59 Å². The Hall–Kier alpha value is -6.28. The molecular formula is C48H48N8O2. The number of rotatable bonds is 9. The molecule has 0 bridgehead atoms. The van der Waals surface area contributed by atoms with Crippen LogP contribution in [0.1, 0.15) is 96.6 Å². The number of benzene rings is 4. The molecule has 0 unspecified atom stereocenters. The predicted octanol–water partition coefficient (Wildman–Crippen LogP) is 7.73. The van der Waals surface area contributed by atoms with Gasteiger partial charge >= 0.3 is 0 Å². The molecule has 2 aromatic heterocycles. The van der Waals surface area contributed by atoms with Gasteiger partial charge in [0.1, 0.15) is 23.7 Å². The molecule has 10 heteroatoms. The van der Waals surface area contributed by atoms with Crippen molar-refractivity contribution in [2.24, 2.45) is 5.73 Å². The van der Waals surface area contributed by atoms with E-state index in [2.05, 4.69) is 56.0 Å². The van der Waals surface area contributed by atoms with E-state index in [1.54, 1.807) is 0 Å². The van der Waals surface area contributed by atoms with Crippen LogP contribution in [-0.4, -0.2) is 72.6 Å². The van der Waals surface area contributed by atoms with Crippen molar-refractivity contribution in [1.82, 2.24) is 34.6 Å². The minimum absolute atomic E-state index is 0.0696. The van der Waals surface area contributed by atoms with E-state index in [1.807, 2.05) is 107 Å². The lowest BCUT2D eigenvalue weighted by Crippen LogP contribution is -2.42. The van der Waals surface area contributed by atoms with Gasteiger partial charge in [0, 0.05) is 24.2 Å². The number of nitrogens with one attached hydrogen (secondary N) is 2. The molecule has 3 fully saturated rings. The summed E-state index contributed by atoms with van der Waals surface area (Å²) in [6.07, 6.45) is 9.58. The molecule has 0 spiro atoms. The lowest BCUT2D eigenvalue weighted by atomic mass is 10.0. The Labute approximate surface area is 339 Å². The van der Waals surface area contributed by atoms with Gasteiger partial charge < -0.3 is 25.5 Å². The van der Waals surface area contributed by atoms with Crippen molar-refractivity contribution in [3.8, 4) is 34.4 Å². The largest absolute Gasteiger partial charge is 0.340 e. The fourth-order valence-corrected chi connectivity index (χ4v) is 8.83. The molecular weight excluding hydrogens is 721 g/mol. The monoisotopic (exact) mass is 768 g/mol. The van der Waals surface area contributed by atoms with Gasteiger partial charge in [-0.1, -0.05) is 96.8 Å². The number of imidazole rings is 2. The van der Waals surface area contributed by atoms with Gasteiger partial charge in [0.05, 0.1) is 35.9 Å². The summed E-state index contributed by atoms with van der Waals surface area (Å²) in [5, 5.41) is 0. The lowest BCUT2D eigenvalue weighted by molar-refractivity contribution is -0.138. The van der Waals surface area contributed by atoms with Gasteiger partial charge in [0.2, 0.25) is 11.8 Å². The minimum Gasteiger partial charge on any atom is -0.340 e.